The molecule has 6 heteroatoms. The summed E-state index contributed by atoms with van der Waals surface area (Å²) in [5.41, 5.74) is 0. The third-order valence-electron chi connectivity index (χ3n) is 2.69. The third-order valence-corrected chi connectivity index (χ3v) is 5.20. The Kier molecular flexibility index (Phi) is 7.55. The van der Waals surface area contributed by atoms with Crippen molar-refractivity contribution in [2.75, 3.05) is 18.1 Å². The summed E-state index contributed by atoms with van der Waals surface area (Å²) in [6, 6.07) is 6.31. The van der Waals surface area contributed by atoms with Crippen molar-refractivity contribution < 1.29 is 12.8 Å². The number of nitrogens with one attached hydrogen (secondary N) is 1. The first-order chi connectivity index (χ1) is 9.39. The number of thioether (sulfide) groups is 1. The number of benzene rings is 1. The van der Waals surface area contributed by atoms with Crippen LogP contribution in [0.2, 0.25) is 0 Å². The topological polar surface area (TPSA) is 46.2 Å². The van der Waals surface area contributed by atoms with Crippen molar-refractivity contribution in [2.45, 2.75) is 31.6 Å². The molecule has 0 amide bonds. The van der Waals surface area contributed by atoms with Gasteiger partial charge in [0.1, 0.15) is 5.82 Å². The van der Waals surface area contributed by atoms with E-state index in [9.17, 15) is 12.8 Å². The fourth-order valence-corrected chi connectivity index (χ4v) is 3.72. The van der Waals surface area contributed by atoms with E-state index in [2.05, 4.69) is 4.72 Å². The maximum absolute atomic E-state index is 12.7. The molecule has 0 aliphatic heterocycles. The van der Waals surface area contributed by atoms with Crippen LogP contribution in [-0.2, 0) is 10.0 Å². The van der Waals surface area contributed by atoms with Gasteiger partial charge in [0.05, 0.1) is 5.75 Å². The van der Waals surface area contributed by atoms with Gasteiger partial charge < -0.3 is 0 Å². The lowest BCUT2D eigenvalue weighted by Gasteiger charge is -2.08. The molecule has 1 N–H and O–H groups in total. The van der Waals surface area contributed by atoms with Crippen LogP contribution >= 0.6 is 11.8 Å². The molecule has 1 aromatic carbocycles. The lowest BCUT2D eigenvalue weighted by molar-refractivity contribution is 0.561. The molecule has 0 saturated heterocycles. The number of halogens is 1. The second-order valence-corrected chi connectivity index (χ2v) is 8.15. The molecule has 0 aliphatic carbocycles. The molecule has 0 saturated carbocycles. The van der Waals surface area contributed by atoms with Gasteiger partial charge in [-0.1, -0.05) is 13.8 Å². The van der Waals surface area contributed by atoms with E-state index in [4.69, 9.17) is 0 Å². The SMILES string of the molecule is CC(C)CCS(=O)(=O)NCCCSc1ccc(F)cc1. The van der Waals surface area contributed by atoms with Crippen molar-refractivity contribution in [1.29, 1.82) is 0 Å². The summed E-state index contributed by atoms with van der Waals surface area (Å²) in [5, 5.41) is 0. The summed E-state index contributed by atoms with van der Waals surface area (Å²) >= 11 is 1.60. The van der Waals surface area contributed by atoms with Crippen molar-refractivity contribution in [2.24, 2.45) is 5.92 Å². The normalized spacial score (nSPS) is 12.0. The Morgan fingerprint density at radius 3 is 2.50 bits per heavy atom. The molecule has 0 fully saturated rings. The maximum Gasteiger partial charge on any atom is 0.211 e. The minimum atomic E-state index is -3.14. The molecule has 0 aromatic heterocycles. The highest BCUT2D eigenvalue weighted by Gasteiger charge is 2.10. The Labute approximate surface area is 125 Å². The molecule has 20 heavy (non-hydrogen) atoms. The average Bonchev–Trinajstić information content (AvgIpc) is 2.38. The molecule has 0 aliphatic rings. The maximum atomic E-state index is 12.7. The zero-order valence-corrected chi connectivity index (χ0v) is 13.6. The molecular weight excluding hydrogens is 297 g/mol. The lowest BCUT2D eigenvalue weighted by atomic mass is 10.2. The van der Waals surface area contributed by atoms with E-state index < -0.39 is 10.0 Å². The third kappa shape index (κ3) is 7.87. The lowest BCUT2D eigenvalue weighted by Crippen LogP contribution is -2.28. The van der Waals surface area contributed by atoms with Gasteiger partial charge in [-0.2, -0.15) is 0 Å². The van der Waals surface area contributed by atoms with Gasteiger partial charge in [0.15, 0.2) is 0 Å². The van der Waals surface area contributed by atoms with Crippen molar-refractivity contribution in [3.05, 3.63) is 30.1 Å². The zero-order valence-electron chi connectivity index (χ0n) is 11.9. The summed E-state index contributed by atoms with van der Waals surface area (Å²) in [6.07, 6.45) is 1.43. The monoisotopic (exact) mass is 319 g/mol. The molecule has 0 atom stereocenters. The second kappa shape index (κ2) is 8.64. The van der Waals surface area contributed by atoms with Crippen LogP contribution in [0.1, 0.15) is 26.7 Å². The molecule has 0 bridgehead atoms. The summed E-state index contributed by atoms with van der Waals surface area (Å²) in [4.78, 5) is 0.995. The van der Waals surface area contributed by atoms with E-state index in [1.807, 2.05) is 13.8 Å². The summed E-state index contributed by atoms with van der Waals surface area (Å²) < 4.78 is 38.6. The summed E-state index contributed by atoms with van der Waals surface area (Å²) in [6.45, 7) is 4.47. The quantitative estimate of drug-likeness (QED) is 0.561. The number of sulfonamides is 1. The van der Waals surface area contributed by atoms with E-state index in [0.29, 0.717) is 18.9 Å². The predicted molar refractivity (Wildman–Crippen MR) is 83.0 cm³/mol. The molecule has 0 heterocycles. The van der Waals surface area contributed by atoms with Crippen molar-refractivity contribution in [3.63, 3.8) is 0 Å². The van der Waals surface area contributed by atoms with E-state index >= 15 is 0 Å². The molecule has 1 aromatic rings. The standard InChI is InChI=1S/C14H22FNO2S2/c1-12(2)8-11-20(17,18)16-9-3-10-19-14-6-4-13(15)5-7-14/h4-7,12,16H,3,8-11H2,1-2H3. The van der Waals surface area contributed by atoms with E-state index in [1.54, 1.807) is 23.9 Å². The highest BCUT2D eigenvalue weighted by atomic mass is 32.2. The van der Waals surface area contributed by atoms with Crippen LogP contribution in [0.15, 0.2) is 29.2 Å². The Hall–Kier alpha value is -0.590. The molecule has 0 spiro atoms. The minimum Gasteiger partial charge on any atom is -0.215 e. The predicted octanol–water partition coefficient (Wildman–Crippen LogP) is 3.27. The van der Waals surface area contributed by atoms with Gasteiger partial charge in [-0.3, -0.25) is 0 Å². The molecule has 0 unspecified atom stereocenters. The van der Waals surface area contributed by atoms with Crippen molar-refractivity contribution in [1.82, 2.24) is 4.72 Å². The Bertz CT molecular complexity index is 486. The van der Waals surface area contributed by atoms with Crippen LogP contribution in [0.3, 0.4) is 0 Å². The molecular formula is C14H22FNO2S2. The van der Waals surface area contributed by atoms with Gasteiger partial charge in [-0.15, -0.1) is 11.8 Å². The fourth-order valence-electron chi connectivity index (χ4n) is 1.48. The molecule has 1 rings (SSSR count). The second-order valence-electron chi connectivity index (χ2n) is 5.05. The van der Waals surface area contributed by atoms with E-state index in [0.717, 1.165) is 17.1 Å². The first-order valence-electron chi connectivity index (χ1n) is 6.75. The first-order valence-corrected chi connectivity index (χ1v) is 9.38. The van der Waals surface area contributed by atoms with Crippen LogP contribution in [0.5, 0.6) is 0 Å². The van der Waals surface area contributed by atoms with Gasteiger partial charge >= 0.3 is 0 Å². The van der Waals surface area contributed by atoms with Crippen LogP contribution in [0.25, 0.3) is 0 Å². The van der Waals surface area contributed by atoms with Crippen molar-refractivity contribution >= 4 is 21.8 Å². The average molecular weight is 319 g/mol. The number of hydrogen-bond donors (Lipinski definition) is 1. The number of rotatable bonds is 9. The van der Waals surface area contributed by atoms with E-state index in [1.165, 1.54) is 12.1 Å². The van der Waals surface area contributed by atoms with Gasteiger partial charge in [0, 0.05) is 11.4 Å². The highest BCUT2D eigenvalue weighted by Crippen LogP contribution is 2.18. The minimum absolute atomic E-state index is 0.190. The Morgan fingerprint density at radius 2 is 1.90 bits per heavy atom. The molecule has 114 valence electrons. The van der Waals surface area contributed by atoms with Crippen molar-refractivity contribution in [3.8, 4) is 0 Å². The molecule has 3 nitrogen and oxygen atoms in total. The van der Waals surface area contributed by atoms with Gasteiger partial charge in [0.2, 0.25) is 10.0 Å². The zero-order chi connectivity index (χ0) is 15.0. The fraction of sp³-hybridized carbons (Fsp3) is 0.571. The van der Waals surface area contributed by atoms with Crippen LogP contribution in [0, 0.1) is 11.7 Å². The van der Waals surface area contributed by atoms with E-state index in [-0.39, 0.29) is 11.6 Å². The number of hydrogen-bond acceptors (Lipinski definition) is 3. The Morgan fingerprint density at radius 1 is 1.25 bits per heavy atom. The highest BCUT2D eigenvalue weighted by molar-refractivity contribution is 7.99. The Balaban J connectivity index is 2.17. The van der Waals surface area contributed by atoms with Crippen LogP contribution in [-0.4, -0.2) is 26.5 Å². The van der Waals surface area contributed by atoms with Gasteiger partial charge in [-0.25, -0.2) is 17.5 Å². The largest absolute Gasteiger partial charge is 0.215 e. The van der Waals surface area contributed by atoms with Crippen LogP contribution in [0.4, 0.5) is 4.39 Å². The molecule has 0 radical (unpaired) electrons. The van der Waals surface area contributed by atoms with Gasteiger partial charge in [0.25, 0.3) is 0 Å². The smallest absolute Gasteiger partial charge is 0.211 e. The first kappa shape index (κ1) is 17.5. The summed E-state index contributed by atoms with van der Waals surface area (Å²) in [5.74, 6) is 1.14. The van der Waals surface area contributed by atoms with Crippen LogP contribution < -0.4 is 4.72 Å². The summed E-state index contributed by atoms with van der Waals surface area (Å²) in [7, 11) is -3.14. The van der Waals surface area contributed by atoms with Gasteiger partial charge in [-0.05, 0) is 48.8 Å².